The molecule has 0 heterocycles. The Hall–Kier alpha value is -1.82. The maximum Gasteiger partial charge on any atom is 0.296 e. The van der Waals surface area contributed by atoms with E-state index in [1.165, 1.54) is 13.2 Å². The lowest BCUT2D eigenvalue weighted by Gasteiger charge is -2.33. The number of anilines is 1. The number of nitrogens with two attached hydrogens (primary N) is 1. The Bertz CT molecular complexity index is 430. The monoisotopic (exact) mass is 237 g/mol. The Balaban J connectivity index is 2.17. The number of ether oxygens (including phenoxy) is 1. The van der Waals surface area contributed by atoms with E-state index in [-0.39, 0.29) is 17.8 Å². The molecule has 0 aliphatic heterocycles. The molecule has 1 aliphatic rings. The van der Waals surface area contributed by atoms with Gasteiger partial charge in [-0.15, -0.1) is 0 Å². The third-order valence-corrected chi connectivity index (χ3v) is 2.94. The number of benzene rings is 1. The highest BCUT2D eigenvalue weighted by atomic mass is 16.6. The summed E-state index contributed by atoms with van der Waals surface area (Å²) in [6.45, 7) is 0. The molecule has 0 bridgehead atoms. The van der Waals surface area contributed by atoms with Crippen molar-refractivity contribution in [2.75, 3.05) is 12.4 Å². The number of nitro benzene ring substituents is 1. The van der Waals surface area contributed by atoms with E-state index in [4.69, 9.17) is 10.5 Å². The molecule has 1 aliphatic carbocycles. The van der Waals surface area contributed by atoms with Crippen molar-refractivity contribution in [1.29, 1.82) is 0 Å². The van der Waals surface area contributed by atoms with E-state index < -0.39 is 4.92 Å². The largest absolute Gasteiger partial charge is 0.496 e. The zero-order valence-corrected chi connectivity index (χ0v) is 9.55. The van der Waals surface area contributed by atoms with Crippen LogP contribution >= 0.6 is 0 Å². The van der Waals surface area contributed by atoms with Gasteiger partial charge in [-0.1, -0.05) is 0 Å². The fourth-order valence-electron chi connectivity index (χ4n) is 1.91. The van der Waals surface area contributed by atoms with Gasteiger partial charge in [-0.05, 0) is 25.0 Å². The van der Waals surface area contributed by atoms with Crippen LogP contribution in [0, 0.1) is 10.1 Å². The lowest BCUT2D eigenvalue weighted by atomic mass is 9.87. The molecule has 0 amide bonds. The maximum absolute atomic E-state index is 10.9. The Morgan fingerprint density at radius 2 is 2.24 bits per heavy atom. The normalized spacial score (nSPS) is 22.7. The second-order valence-electron chi connectivity index (χ2n) is 4.21. The molecule has 3 N–H and O–H groups in total. The van der Waals surface area contributed by atoms with Gasteiger partial charge in [-0.2, -0.15) is 0 Å². The summed E-state index contributed by atoms with van der Waals surface area (Å²) in [7, 11) is 1.48. The molecular formula is C11H15N3O3. The first-order valence-corrected chi connectivity index (χ1v) is 5.44. The lowest BCUT2D eigenvalue weighted by molar-refractivity contribution is -0.384. The van der Waals surface area contributed by atoms with Crippen LogP contribution in [-0.4, -0.2) is 24.1 Å². The van der Waals surface area contributed by atoms with E-state index >= 15 is 0 Å². The van der Waals surface area contributed by atoms with Crippen LogP contribution in [0.1, 0.15) is 12.8 Å². The van der Waals surface area contributed by atoms with E-state index in [0.717, 1.165) is 12.8 Å². The van der Waals surface area contributed by atoms with Gasteiger partial charge >= 0.3 is 0 Å². The summed E-state index contributed by atoms with van der Waals surface area (Å²) in [4.78, 5) is 10.5. The van der Waals surface area contributed by atoms with Crippen LogP contribution in [0.4, 0.5) is 11.4 Å². The highest BCUT2D eigenvalue weighted by Crippen LogP contribution is 2.32. The minimum Gasteiger partial charge on any atom is -0.496 e. The SMILES string of the molecule is COc1ccc(NC2CC(N)C2)c([N+](=O)[O-])c1. The van der Waals surface area contributed by atoms with Gasteiger partial charge in [0.25, 0.3) is 5.69 Å². The predicted molar refractivity (Wildman–Crippen MR) is 64.3 cm³/mol. The minimum atomic E-state index is -0.413. The van der Waals surface area contributed by atoms with Crippen LogP contribution in [0.25, 0.3) is 0 Å². The van der Waals surface area contributed by atoms with E-state index in [9.17, 15) is 10.1 Å². The van der Waals surface area contributed by atoms with Gasteiger partial charge < -0.3 is 15.8 Å². The van der Waals surface area contributed by atoms with Gasteiger partial charge in [0, 0.05) is 12.1 Å². The molecule has 0 unspecified atom stereocenters. The summed E-state index contributed by atoms with van der Waals surface area (Å²) in [5, 5.41) is 14.1. The number of methoxy groups -OCH3 is 1. The van der Waals surface area contributed by atoms with E-state index in [1.807, 2.05) is 0 Å². The molecule has 1 saturated carbocycles. The van der Waals surface area contributed by atoms with Crippen LogP contribution in [-0.2, 0) is 0 Å². The van der Waals surface area contributed by atoms with Crippen molar-refractivity contribution in [1.82, 2.24) is 0 Å². The van der Waals surface area contributed by atoms with Crippen molar-refractivity contribution in [2.45, 2.75) is 24.9 Å². The molecule has 6 heteroatoms. The molecule has 0 saturated heterocycles. The lowest BCUT2D eigenvalue weighted by Crippen LogP contribution is -2.44. The van der Waals surface area contributed by atoms with E-state index in [1.54, 1.807) is 12.1 Å². The van der Waals surface area contributed by atoms with Crippen molar-refractivity contribution < 1.29 is 9.66 Å². The van der Waals surface area contributed by atoms with E-state index in [0.29, 0.717) is 11.4 Å². The molecule has 1 aromatic rings. The zero-order valence-electron chi connectivity index (χ0n) is 9.55. The molecule has 0 atom stereocenters. The van der Waals surface area contributed by atoms with Crippen LogP contribution in [0.2, 0.25) is 0 Å². The predicted octanol–water partition coefficient (Wildman–Crippen LogP) is 1.50. The molecule has 0 radical (unpaired) electrons. The first-order chi connectivity index (χ1) is 8.10. The first kappa shape index (κ1) is 11.7. The van der Waals surface area contributed by atoms with Crippen molar-refractivity contribution >= 4 is 11.4 Å². The summed E-state index contributed by atoms with van der Waals surface area (Å²) < 4.78 is 4.97. The average Bonchev–Trinajstić information content (AvgIpc) is 2.27. The number of hydrogen-bond acceptors (Lipinski definition) is 5. The van der Waals surface area contributed by atoms with Gasteiger partial charge in [-0.3, -0.25) is 10.1 Å². The molecule has 17 heavy (non-hydrogen) atoms. The highest BCUT2D eigenvalue weighted by molar-refractivity contribution is 5.64. The molecule has 1 aromatic carbocycles. The summed E-state index contributed by atoms with van der Waals surface area (Å²) in [5.41, 5.74) is 6.23. The number of nitrogens with zero attached hydrogens (tertiary/aromatic N) is 1. The third-order valence-electron chi connectivity index (χ3n) is 2.94. The fourth-order valence-corrected chi connectivity index (χ4v) is 1.91. The Morgan fingerprint density at radius 1 is 1.53 bits per heavy atom. The Labute approximate surface area is 98.9 Å². The maximum atomic E-state index is 10.9. The van der Waals surface area contributed by atoms with Gasteiger partial charge in [-0.25, -0.2) is 0 Å². The topological polar surface area (TPSA) is 90.4 Å². The average molecular weight is 237 g/mol. The second kappa shape index (κ2) is 4.58. The number of rotatable bonds is 4. The minimum absolute atomic E-state index is 0.0322. The van der Waals surface area contributed by atoms with Crippen molar-refractivity contribution in [2.24, 2.45) is 5.73 Å². The van der Waals surface area contributed by atoms with Crippen molar-refractivity contribution in [3.63, 3.8) is 0 Å². The molecule has 2 rings (SSSR count). The second-order valence-corrected chi connectivity index (χ2v) is 4.21. The van der Waals surface area contributed by atoms with Crippen LogP contribution in [0.15, 0.2) is 18.2 Å². The van der Waals surface area contributed by atoms with Crippen LogP contribution in [0.5, 0.6) is 5.75 Å². The highest BCUT2D eigenvalue weighted by Gasteiger charge is 2.27. The van der Waals surface area contributed by atoms with Gasteiger partial charge in [0.15, 0.2) is 0 Å². The third kappa shape index (κ3) is 2.47. The van der Waals surface area contributed by atoms with Crippen LogP contribution in [0.3, 0.4) is 0 Å². The molecule has 1 fully saturated rings. The quantitative estimate of drug-likeness (QED) is 0.611. The van der Waals surface area contributed by atoms with E-state index in [2.05, 4.69) is 5.32 Å². The standard InChI is InChI=1S/C11H15N3O3/c1-17-9-2-3-10(11(6-9)14(15)16)13-8-4-7(12)5-8/h2-3,6-8,13H,4-5,12H2,1H3. The molecule has 6 nitrogen and oxygen atoms in total. The summed E-state index contributed by atoms with van der Waals surface area (Å²) in [6.07, 6.45) is 1.70. The summed E-state index contributed by atoms with van der Waals surface area (Å²) in [6, 6.07) is 5.23. The zero-order chi connectivity index (χ0) is 12.4. The van der Waals surface area contributed by atoms with Crippen molar-refractivity contribution in [3.05, 3.63) is 28.3 Å². The Kier molecular flexibility index (Phi) is 3.14. The summed E-state index contributed by atoms with van der Waals surface area (Å²) >= 11 is 0. The molecular weight excluding hydrogens is 222 g/mol. The van der Waals surface area contributed by atoms with Crippen molar-refractivity contribution in [3.8, 4) is 5.75 Å². The molecule has 92 valence electrons. The fraction of sp³-hybridized carbons (Fsp3) is 0.455. The molecule has 0 aromatic heterocycles. The van der Waals surface area contributed by atoms with Gasteiger partial charge in [0.05, 0.1) is 18.1 Å². The van der Waals surface area contributed by atoms with Crippen LogP contribution < -0.4 is 15.8 Å². The number of nitrogens with one attached hydrogen (secondary N) is 1. The number of hydrogen-bond donors (Lipinski definition) is 2. The van der Waals surface area contributed by atoms with Gasteiger partial charge in [0.1, 0.15) is 11.4 Å². The number of nitro groups is 1. The van der Waals surface area contributed by atoms with Gasteiger partial charge in [0.2, 0.25) is 0 Å². The smallest absolute Gasteiger partial charge is 0.296 e. The Morgan fingerprint density at radius 3 is 2.76 bits per heavy atom. The first-order valence-electron chi connectivity index (χ1n) is 5.44. The molecule has 0 spiro atoms. The summed E-state index contributed by atoms with van der Waals surface area (Å²) in [5.74, 6) is 0.479.